The Balaban J connectivity index is 3.55. The number of rotatable bonds is 5. The highest BCUT2D eigenvalue weighted by Crippen LogP contribution is 1.96. The number of ether oxygens (including phenoxy) is 2. The highest BCUT2D eigenvalue weighted by atomic mass is 35.5. The maximum Gasteiger partial charge on any atom is 0.509 e. The lowest BCUT2D eigenvalue weighted by molar-refractivity contribution is -0.759. The van der Waals surface area contributed by atoms with E-state index in [9.17, 15) is 14.9 Å². The molecule has 0 saturated carbocycles. The van der Waals surface area contributed by atoms with E-state index in [1.807, 2.05) is 0 Å². The van der Waals surface area contributed by atoms with Gasteiger partial charge in [-0.3, -0.25) is 0 Å². The summed E-state index contributed by atoms with van der Waals surface area (Å²) in [6.07, 6.45) is -1.75. The monoisotopic (exact) mass is 213 g/mol. The molecule has 1 atom stereocenters. The molecule has 0 amide bonds. The van der Waals surface area contributed by atoms with Crippen LogP contribution in [0.3, 0.4) is 0 Å². The van der Waals surface area contributed by atoms with E-state index < -0.39 is 17.3 Å². The zero-order chi connectivity index (χ0) is 10.3. The first kappa shape index (κ1) is 11.8. The number of nitrogens with zero attached hydrogens (tertiary/aromatic N) is 1. The van der Waals surface area contributed by atoms with E-state index in [0.717, 1.165) is 0 Å². The summed E-state index contributed by atoms with van der Waals surface area (Å²) in [5.41, 5.74) is 0. The van der Waals surface area contributed by atoms with Crippen LogP contribution in [0.2, 0.25) is 0 Å². The molecule has 1 unspecified atom stereocenters. The van der Waals surface area contributed by atoms with Crippen LogP contribution in [0, 0.1) is 10.1 Å². The number of alkyl halides is 1. The van der Waals surface area contributed by atoms with Crippen molar-refractivity contribution in [3.8, 4) is 0 Å². The first-order chi connectivity index (χ1) is 6.06. The Kier molecular flexibility index (Phi) is 5.69. The number of halogens is 1. The lowest BCUT2D eigenvalue weighted by Gasteiger charge is -2.10. The van der Waals surface area contributed by atoms with E-state index >= 15 is 0 Å². The van der Waals surface area contributed by atoms with Crippen LogP contribution in [-0.2, 0) is 14.3 Å². The smallest absolute Gasteiger partial charge is 0.429 e. The minimum atomic E-state index is -0.991. The van der Waals surface area contributed by atoms with Crippen LogP contribution >= 0.6 is 11.6 Å². The summed E-state index contributed by atoms with van der Waals surface area (Å²) >= 11 is 5.04. The fraction of sp³-hybridized carbons (Fsp3) is 0.800. The zero-order valence-electron chi connectivity index (χ0n) is 6.77. The van der Waals surface area contributed by atoms with Crippen LogP contribution in [-0.4, -0.2) is 30.0 Å². The largest absolute Gasteiger partial charge is 0.509 e. The van der Waals surface area contributed by atoms with E-state index in [-0.39, 0.29) is 12.7 Å². The van der Waals surface area contributed by atoms with E-state index in [2.05, 4.69) is 14.3 Å². The van der Waals surface area contributed by atoms with Gasteiger partial charge in [0.05, 0.1) is 0 Å². The Morgan fingerprint density at radius 1 is 1.69 bits per heavy atom. The number of carbonyl (C=O) groups excluding carboxylic acids is 1. The molecule has 0 aromatic carbocycles. The molecule has 76 valence electrons. The first-order valence-corrected chi connectivity index (χ1v) is 3.76. The van der Waals surface area contributed by atoms with Gasteiger partial charge in [-0.05, 0) is 6.92 Å². The molecule has 0 N–H and O–H groups in total. The SMILES string of the molecule is CC(CO[N+](=O)[O-])OC(=O)OCCl. The van der Waals surface area contributed by atoms with Crippen molar-refractivity contribution in [2.75, 3.05) is 12.7 Å². The lowest BCUT2D eigenvalue weighted by Crippen LogP contribution is -2.22. The maximum atomic E-state index is 10.5. The molecular formula is C5H8ClNO6. The van der Waals surface area contributed by atoms with Gasteiger partial charge >= 0.3 is 6.16 Å². The molecule has 0 heterocycles. The van der Waals surface area contributed by atoms with Gasteiger partial charge in [0.2, 0.25) is 0 Å². The van der Waals surface area contributed by atoms with E-state index in [0.29, 0.717) is 0 Å². The molecule has 8 heteroatoms. The van der Waals surface area contributed by atoms with E-state index in [4.69, 9.17) is 11.6 Å². The highest BCUT2D eigenvalue weighted by Gasteiger charge is 2.11. The van der Waals surface area contributed by atoms with Crippen LogP contribution < -0.4 is 0 Å². The van der Waals surface area contributed by atoms with Gasteiger partial charge in [-0.2, -0.15) is 0 Å². The average Bonchev–Trinajstić information content (AvgIpc) is 2.01. The lowest BCUT2D eigenvalue weighted by atomic mass is 10.4. The zero-order valence-corrected chi connectivity index (χ0v) is 7.52. The fourth-order valence-electron chi connectivity index (χ4n) is 0.443. The number of hydrogen-bond donors (Lipinski definition) is 0. The molecule has 0 saturated heterocycles. The van der Waals surface area contributed by atoms with E-state index in [1.165, 1.54) is 6.92 Å². The Morgan fingerprint density at radius 2 is 2.31 bits per heavy atom. The average molecular weight is 214 g/mol. The standard InChI is InChI=1S/C5H8ClNO6/c1-4(2-12-7(9)10)13-5(8)11-3-6/h4H,2-3H2,1H3. The van der Waals surface area contributed by atoms with Gasteiger partial charge in [-0.1, -0.05) is 11.6 Å². The summed E-state index contributed by atoms with van der Waals surface area (Å²) in [5, 5.41) is 8.73. The van der Waals surface area contributed by atoms with Crippen LogP contribution in [0.25, 0.3) is 0 Å². The molecule has 7 nitrogen and oxygen atoms in total. The van der Waals surface area contributed by atoms with Crippen molar-refractivity contribution in [3.63, 3.8) is 0 Å². The summed E-state index contributed by atoms with van der Waals surface area (Å²) in [5.74, 6) is 0. The van der Waals surface area contributed by atoms with Gasteiger partial charge in [0, 0.05) is 0 Å². The van der Waals surface area contributed by atoms with Crippen LogP contribution in [0.5, 0.6) is 0 Å². The van der Waals surface area contributed by atoms with Gasteiger partial charge < -0.3 is 14.3 Å². The second kappa shape index (κ2) is 6.30. The normalized spacial score (nSPS) is 11.5. The van der Waals surface area contributed by atoms with Crippen LogP contribution in [0.15, 0.2) is 0 Å². The second-order valence-electron chi connectivity index (χ2n) is 1.95. The van der Waals surface area contributed by atoms with Crippen molar-refractivity contribution in [1.82, 2.24) is 0 Å². The minimum Gasteiger partial charge on any atom is -0.429 e. The molecule has 0 rings (SSSR count). The molecule has 13 heavy (non-hydrogen) atoms. The number of carbonyl (C=O) groups is 1. The molecule has 0 aromatic heterocycles. The van der Waals surface area contributed by atoms with Crippen molar-refractivity contribution in [2.45, 2.75) is 13.0 Å². The fourth-order valence-corrected chi connectivity index (χ4v) is 0.532. The highest BCUT2D eigenvalue weighted by molar-refractivity contribution is 6.17. The minimum absolute atomic E-state index is 0.332. The molecule has 0 bridgehead atoms. The van der Waals surface area contributed by atoms with Crippen molar-refractivity contribution in [1.29, 1.82) is 0 Å². The molecule has 0 radical (unpaired) electrons. The molecule has 0 aliphatic heterocycles. The van der Waals surface area contributed by atoms with Crippen molar-refractivity contribution in [2.24, 2.45) is 0 Å². The maximum absolute atomic E-state index is 10.5. The molecule has 0 aliphatic carbocycles. The summed E-state index contributed by atoms with van der Waals surface area (Å²) in [6, 6.07) is -0.332. The third-order valence-corrected chi connectivity index (χ3v) is 0.994. The summed E-state index contributed by atoms with van der Waals surface area (Å²) in [4.78, 5) is 24.2. The van der Waals surface area contributed by atoms with Crippen LogP contribution in [0.4, 0.5) is 4.79 Å². The van der Waals surface area contributed by atoms with Crippen LogP contribution in [0.1, 0.15) is 6.92 Å². The third kappa shape index (κ3) is 7.13. The second-order valence-corrected chi connectivity index (χ2v) is 2.17. The van der Waals surface area contributed by atoms with Crippen molar-refractivity contribution < 1.29 is 24.2 Å². The summed E-state index contributed by atoms with van der Waals surface area (Å²) in [6.45, 7) is 1.07. The summed E-state index contributed by atoms with van der Waals surface area (Å²) in [7, 11) is 0. The first-order valence-electron chi connectivity index (χ1n) is 3.23. The van der Waals surface area contributed by atoms with Gasteiger partial charge in [0.1, 0.15) is 12.7 Å². The predicted octanol–water partition coefficient (Wildman–Crippen LogP) is 0.933. The molecular weight excluding hydrogens is 206 g/mol. The molecule has 0 aliphatic rings. The van der Waals surface area contributed by atoms with Gasteiger partial charge in [0.25, 0.3) is 5.09 Å². The third-order valence-electron chi connectivity index (χ3n) is 0.884. The predicted molar refractivity (Wildman–Crippen MR) is 40.7 cm³/mol. The van der Waals surface area contributed by atoms with Gasteiger partial charge in [0.15, 0.2) is 6.07 Å². The van der Waals surface area contributed by atoms with E-state index in [1.54, 1.807) is 0 Å². The quantitative estimate of drug-likeness (QED) is 0.292. The Hall–Kier alpha value is -1.24. The van der Waals surface area contributed by atoms with Crippen molar-refractivity contribution in [3.05, 3.63) is 10.1 Å². The molecule has 0 fully saturated rings. The molecule has 0 spiro atoms. The van der Waals surface area contributed by atoms with Crippen molar-refractivity contribution >= 4 is 17.8 Å². The topological polar surface area (TPSA) is 87.9 Å². The number of hydrogen-bond acceptors (Lipinski definition) is 6. The Labute approximate surface area is 78.6 Å². The Morgan fingerprint density at radius 3 is 2.77 bits per heavy atom. The Bertz CT molecular complexity index is 186. The van der Waals surface area contributed by atoms with Gasteiger partial charge in [-0.15, -0.1) is 10.1 Å². The summed E-state index contributed by atoms with van der Waals surface area (Å²) < 4.78 is 8.66. The molecule has 0 aromatic rings. The van der Waals surface area contributed by atoms with Gasteiger partial charge in [-0.25, -0.2) is 4.79 Å².